The van der Waals surface area contributed by atoms with Gasteiger partial charge in [0.2, 0.25) is 11.7 Å². The number of anilines is 1. The molecule has 26 heavy (non-hydrogen) atoms. The maximum absolute atomic E-state index is 14.1. The summed E-state index contributed by atoms with van der Waals surface area (Å²) >= 11 is 24.3. The Kier molecular flexibility index (Phi) is 5.05. The van der Waals surface area contributed by atoms with Crippen LogP contribution in [-0.4, -0.2) is 15.2 Å². The molecule has 0 bridgehead atoms. The Hall–Kier alpha value is -1.60. The van der Waals surface area contributed by atoms with E-state index in [2.05, 4.69) is 5.32 Å². The number of amides is 1. The predicted molar refractivity (Wildman–Crippen MR) is 98.8 cm³/mol. The van der Waals surface area contributed by atoms with Gasteiger partial charge in [-0.15, -0.1) is 23.2 Å². The average Bonchev–Trinajstić information content (AvgIpc) is 3.10. The number of benzene rings is 2. The van der Waals surface area contributed by atoms with Gasteiger partial charge in [-0.2, -0.15) is 4.39 Å². The van der Waals surface area contributed by atoms with Crippen molar-refractivity contribution in [2.75, 3.05) is 5.32 Å². The molecule has 0 radical (unpaired) electrons. The van der Waals surface area contributed by atoms with Gasteiger partial charge in [0.1, 0.15) is 4.33 Å². The highest BCUT2D eigenvalue weighted by Gasteiger charge is 2.67. The minimum Gasteiger partial charge on any atom is -0.323 e. The van der Waals surface area contributed by atoms with Gasteiger partial charge < -0.3 is 5.32 Å². The zero-order valence-corrected chi connectivity index (χ0v) is 15.7. The van der Waals surface area contributed by atoms with Crippen molar-refractivity contribution >= 4 is 63.7 Å². The zero-order valence-electron chi connectivity index (χ0n) is 12.7. The van der Waals surface area contributed by atoms with E-state index in [1.165, 1.54) is 18.2 Å². The van der Waals surface area contributed by atoms with Crippen molar-refractivity contribution in [2.24, 2.45) is 5.92 Å². The molecule has 0 spiro atoms. The minimum atomic E-state index is -1.44. The molecule has 1 N–H and O–H groups in total. The largest absolute Gasteiger partial charge is 0.323 e. The van der Waals surface area contributed by atoms with Crippen LogP contribution in [0.1, 0.15) is 11.5 Å². The molecule has 0 unspecified atom stereocenters. The number of carbonyl (C=O) groups excluding carboxylic acids is 1. The Balaban J connectivity index is 1.85. The molecule has 0 aliphatic heterocycles. The zero-order chi connectivity index (χ0) is 19.2. The van der Waals surface area contributed by atoms with Crippen molar-refractivity contribution in [1.82, 2.24) is 0 Å². The lowest BCUT2D eigenvalue weighted by Gasteiger charge is -2.06. The molecule has 2 aromatic carbocycles. The van der Waals surface area contributed by atoms with E-state index < -0.39 is 38.5 Å². The van der Waals surface area contributed by atoms with Crippen LogP contribution in [0.4, 0.5) is 15.8 Å². The van der Waals surface area contributed by atoms with Gasteiger partial charge in [-0.05, 0) is 29.8 Å². The molecule has 1 saturated carbocycles. The third kappa shape index (κ3) is 3.47. The number of halogens is 5. The summed E-state index contributed by atoms with van der Waals surface area (Å²) in [5.74, 6) is -3.33. The van der Waals surface area contributed by atoms with Crippen LogP contribution in [0.25, 0.3) is 0 Å². The maximum Gasteiger partial charge on any atom is 0.306 e. The van der Waals surface area contributed by atoms with Gasteiger partial charge in [0.15, 0.2) is 0 Å². The first kappa shape index (κ1) is 19.2. The van der Waals surface area contributed by atoms with Crippen molar-refractivity contribution < 1.29 is 14.1 Å². The van der Waals surface area contributed by atoms with Crippen LogP contribution < -0.4 is 5.32 Å². The third-order valence-corrected chi connectivity index (χ3v) is 5.39. The Labute approximate surface area is 167 Å². The van der Waals surface area contributed by atoms with E-state index in [0.717, 1.165) is 6.07 Å². The molecule has 0 aromatic heterocycles. The Morgan fingerprint density at radius 3 is 2.38 bits per heavy atom. The number of nitrogens with zero attached hydrogens (tertiary/aromatic N) is 1. The summed E-state index contributed by atoms with van der Waals surface area (Å²) in [6.45, 7) is 0. The summed E-state index contributed by atoms with van der Waals surface area (Å²) in [4.78, 5) is 22.4. The van der Waals surface area contributed by atoms with Crippen molar-refractivity contribution in [3.63, 3.8) is 0 Å². The summed E-state index contributed by atoms with van der Waals surface area (Å²) in [5, 5.41) is 13.8. The molecule has 0 heterocycles. The lowest BCUT2D eigenvalue weighted by atomic mass is 10.1. The van der Waals surface area contributed by atoms with Crippen LogP contribution in [0, 0.1) is 21.8 Å². The molecule has 2 atom stereocenters. The van der Waals surface area contributed by atoms with E-state index in [9.17, 15) is 19.3 Å². The number of hydrogen-bond acceptors (Lipinski definition) is 3. The molecule has 3 rings (SSSR count). The molecule has 1 aliphatic carbocycles. The molecule has 0 saturated heterocycles. The first-order chi connectivity index (χ1) is 12.1. The molecular formula is C16H9Cl4FN2O3. The SMILES string of the molecule is O=C(Nc1cccc([N+](=O)[O-])c1F)[C@H]1[C@H](c2cc(Cl)cc(Cl)c2)C1(Cl)Cl. The Morgan fingerprint density at radius 2 is 1.81 bits per heavy atom. The van der Waals surface area contributed by atoms with Gasteiger partial charge in [-0.25, -0.2) is 0 Å². The van der Waals surface area contributed by atoms with Crippen molar-refractivity contribution in [1.29, 1.82) is 0 Å². The molecule has 1 amide bonds. The summed E-state index contributed by atoms with van der Waals surface area (Å²) in [7, 11) is 0. The average molecular weight is 438 g/mol. The fourth-order valence-electron chi connectivity index (χ4n) is 2.79. The van der Waals surface area contributed by atoms with Gasteiger partial charge in [0, 0.05) is 22.0 Å². The topological polar surface area (TPSA) is 72.2 Å². The van der Waals surface area contributed by atoms with E-state index in [4.69, 9.17) is 46.4 Å². The number of nitro benzene ring substituents is 1. The Bertz CT molecular complexity index is 902. The normalized spacial score (nSPS) is 20.5. The Morgan fingerprint density at radius 1 is 1.19 bits per heavy atom. The first-order valence-electron chi connectivity index (χ1n) is 7.20. The lowest BCUT2D eigenvalue weighted by molar-refractivity contribution is -0.387. The summed E-state index contributed by atoms with van der Waals surface area (Å²) in [6.07, 6.45) is 0. The summed E-state index contributed by atoms with van der Waals surface area (Å²) in [5.41, 5.74) is -0.518. The molecule has 10 heteroatoms. The summed E-state index contributed by atoms with van der Waals surface area (Å²) < 4.78 is 12.7. The van der Waals surface area contributed by atoms with E-state index in [1.54, 1.807) is 12.1 Å². The number of alkyl halides is 2. The number of nitrogens with one attached hydrogen (secondary N) is 1. The smallest absolute Gasteiger partial charge is 0.306 e. The second kappa shape index (κ2) is 6.85. The fraction of sp³-hybridized carbons (Fsp3) is 0.188. The lowest BCUT2D eigenvalue weighted by Crippen LogP contribution is -2.18. The van der Waals surface area contributed by atoms with Crippen LogP contribution in [0.15, 0.2) is 36.4 Å². The highest BCUT2D eigenvalue weighted by atomic mass is 35.5. The van der Waals surface area contributed by atoms with Crippen LogP contribution in [0.3, 0.4) is 0 Å². The predicted octanol–water partition coefficient (Wildman–Crippen LogP) is 5.57. The van der Waals surface area contributed by atoms with E-state index in [1.807, 2.05) is 0 Å². The fourth-order valence-corrected chi connectivity index (χ4v) is 4.16. The monoisotopic (exact) mass is 436 g/mol. The molecule has 1 fully saturated rings. The second-order valence-electron chi connectivity index (χ2n) is 5.72. The van der Waals surface area contributed by atoms with Gasteiger partial charge in [0.05, 0.1) is 16.5 Å². The maximum atomic E-state index is 14.1. The molecule has 5 nitrogen and oxygen atoms in total. The minimum absolute atomic E-state index is 0.330. The molecule has 2 aromatic rings. The van der Waals surface area contributed by atoms with Gasteiger partial charge in [0.25, 0.3) is 0 Å². The van der Waals surface area contributed by atoms with Crippen LogP contribution in [0.5, 0.6) is 0 Å². The van der Waals surface area contributed by atoms with E-state index in [-0.39, 0.29) is 5.69 Å². The van der Waals surface area contributed by atoms with Crippen molar-refractivity contribution in [2.45, 2.75) is 10.3 Å². The highest BCUT2D eigenvalue weighted by molar-refractivity contribution is 6.53. The van der Waals surface area contributed by atoms with Crippen LogP contribution >= 0.6 is 46.4 Å². The van der Waals surface area contributed by atoms with Gasteiger partial charge >= 0.3 is 5.69 Å². The highest BCUT2D eigenvalue weighted by Crippen LogP contribution is 2.65. The molecule has 1 aliphatic rings. The molecule has 136 valence electrons. The second-order valence-corrected chi connectivity index (χ2v) is 8.03. The molecular weight excluding hydrogens is 429 g/mol. The summed E-state index contributed by atoms with van der Waals surface area (Å²) in [6, 6.07) is 8.14. The first-order valence-corrected chi connectivity index (χ1v) is 8.71. The number of nitro groups is 1. The number of rotatable bonds is 4. The van der Waals surface area contributed by atoms with Gasteiger partial charge in [-0.1, -0.05) is 29.3 Å². The quantitative estimate of drug-likeness (QED) is 0.386. The number of hydrogen-bond donors (Lipinski definition) is 1. The third-order valence-electron chi connectivity index (χ3n) is 4.01. The van der Waals surface area contributed by atoms with E-state index >= 15 is 0 Å². The standard InChI is InChI=1S/C16H9Cl4FN2O3/c17-8-4-7(5-9(18)6-8)12-13(16(12,19)20)15(24)22-10-2-1-3-11(14(10)21)23(25)26/h1-6,12-13H,(H,22,24)/t12-,13+/m0/s1. The number of carbonyl (C=O) groups is 1. The van der Waals surface area contributed by atoms with Crippen LogP contribution in [-0.2, 0) is 4.79 Å². The van der Waals surface area contributed by atoms with Gasteiger partial charge in [-0.3, -0.25) is 14.9 Å². The van der Waals surface area contributed by atoms with E-state index in [0.29, 0.717) is 15.6 Å². The van der Waals surface area contributed by atoms with Crippen molar-refractivity contribution in [3.8, 4) is 0 Å². The van der Waals surface area contributed by atoms with Crippen LogP contribution in [0.2, 0.25) is 10.0 Å². The van der Waals surface area contributed by atoms with Crippen molar-refractivity contribution in [3.05, 3.63) is 67.9 Å².